The highest BCUT2D eigenvalue weighted by atomic mass is 16.5. The first-order valence-electron chi connectivity index (χ1n) is 9.18. The van der Waals surface area contributed by atoms with E-state index in [1.54, 1.807) is 0 Å². The SMILES string of the molecule is CC(C)CCCCCCCCCCCOC(=O)CC(C)C. The summed E-state index contributed by atoms with van der Waals surface area (Å²) in [4.78, 5) is 11.3. The van der Waals surface area contributed by atoms with Gasteiger partial charge in [0.1, 0.15) is 0 Å². The Hall–Kier alpha value is -0.530. The molecule has 0 saturated heterocycles. The van der Waals surface area contributed by atoms with E-state index in [0.29, 0.717) is 18.9 Å². The number of hydrogen-bond acceptors (Lipinski definition) is 2. The van der Waals surface area contributed by atoms with Gasteiger partial charge in [-0.3, -0.25) is 4.79 Å². The number of carbonyl (C=O) groups is 1. The maximum atomic E-state index is 11.3. The van der Waals surface area contributed by atoms with Crippen molar-refractivity contribution < 1.29 is 9.53 Å². The molecule has 0 radical (unpaired) electrons. The molecule has 2 nitrogen and oxygen atoms in total. The van der Waals surface area contributed by atoms with Crippen molar-refractivity contribution in [3.63, 3.8) is 0 Å². The van der Waals surface area contributed by atoms with Crippen LogP contribution in [0.15, 0.2) is 0 Å². The van der Waals surface area contributed by atoms with Gasteiger partial charge in [-0.25, -0.2) is 0 Å². The number of rotatable bonds is 14. The first-order valence-corrected chi connectivity index (χ1v) is 9.18. The van der Waals surface area contributed by atoms with Crippen LogP contribution in [0.1, 0.15) is 98.3 Å². The molecule has 126 valence electrons. The topological polar surface area (TPSA) is 26.3 Å². The van der Waals surface area contributed by atoms with Gasteiger partial charge in [-0.2, -0.15) is 0 Å². The second kappa shape index (κ2) is 14.4. The first-order chi connectivity index (χ1) is 10.0. The molecule has 0 N–H and O–H groups in total. The summed E-state index contributed by atoms with van der Waals surface area (Å²) in [7, 11) is 0. The van der Waals surface area contributed by atoms with E-state index in [4.69, 9.17) is 4.74 Å². The third-order valence-electron chi connectivity index (χ3n) is 3.76. The highest BCUT2D eigenvalue weighted by molar-refractivity contribution is 5.69. The predicted octanol–water partition coefficient (Wildman–Crippen LogP) is 6.13. The van der Waals surface area contributed by atoms with Crippen LogP contribution in [-0.2, 0) is 9.53 Å². The summed E-state index contributed by atoms with van der Waals surface area (Å²) >= 11 is 0. The van der Waals surface area contributed by atoms with Crippen molar-refractivity contribution in [3.05, 3.63) is 0 Å². The number of ether oxygens (including phenoxy) is 1. The van der Waals surface area contributed by atoms with Crippen molar-refractivity contribution >= 4 is 5.97 Å². The van der Waals surface area contributed by atoms with Crippen LogP contribution in [0, 0.1) is 11.8 Å². The Morgan fingerprint density at radius 1 is 0.714 bits per heavy atom. The molecule has 0 rings (SSSR count). The molecule has 0 aliphatic carbocycles. The van der Waals surface area contributed by atoms with E-state index in [-0.39, 0.29) is 5.97 Å². The molecule has 0 heterocycles. The Morgan fingerprint density at radius 2 is 1.19 bits per heavy atom. The highest BCUT2D eigenvalue weighted by Gasteiger charge is 2.05. The Balaban J connectivity index is 3.11. The number of esters is 1. The lowest BCUT2D eigenvalue weighted by Gasteiger charge is -2.06. The zero-order valence-corrected chi connectivity index (χ0v) is 15.0. The van der Waals surface area contributed by atoms with Gasteiger partial charge in [-0.1, -0.05) is 85.5 Å². The second-order valence-electron chi connectivity index (χ2n) is 7.18. The van der Waals surface area contributed by atoms with Crippen molar-refractivity contribution in [1.29, 1.82) is 0 Å². The molecule has 0 aliphatic rings. The Labute approximate surface area is 133 Å². The van der Waals surface area contributed by atoms with Gasteiger partial charge in [-0.05, 0) is 18.3 Å². The van der Waals surface area contributed by atoms with Gasteiger partial charge in [0, 0.05) is 6.42 Å². The van der Waals surface area contributed by atoms with E-state index in [1.807, 2.05) is 13.8 Å². The molecule has 0 atom stereocenters. The van der Waals surface area contributed by atoms with Crippen LogP contribution in [0.25, 0.3) is 0 Å². The van der Waals surface area contributed by atoms with Gasteiger partial charge in [0.2, 0.25) is 0 Å². The van der Waals surface area contributed by atoms with E-state index in [9.17, 15) is 4.79 Å². The van der Waals surface area contributed by atoms with Crippen LogP contribution in [0.4, 0.5) is 0 Å². The lowest BCUT2D eigenvalue weighted by atomic mass is 10.0. The molecule has 0 aromatic rings. The van der Waals surface area contributed by atoms with Crippen molar-refractivity contribution in [1.82, 2.24) is 0 Å². The van der Waals surface area contributed by atoms with Gasteiger partial charge in [-0.15, -0.1) is 0 Å². The van der Waals surface area contributed by atoms with Crippen LogP contribution in [0.2, 0.25) is 0 Å². The average molecular weight is 299 g/mol. The fourth-order valence-electron chi connectivity index (χ4n) is 2.47. The second-order valence-corrected chi connectivity index (χ2v) is 7.18. The summed E-state index contributed by atoms with van der Waals surface area (Å²) in [6.07, 6.45) is 13.8. The molecule has 0 amide bonds. The van der Waals surface area contributed by atoms with E-state index >= 15 is 0 Å². The molecular formula is C19H38O2. The molecule has 0 aromatic heterocycles. The lowest BCUT2D eigenvalue weighted by molar-refractivity contribution is -0.144. The Morgan fingerprint density at radius 3 is 1.67 bits per heavy atom. The molecule has 0 unspecified atom stereocenters. The minimum absolute atomic E-state index is 0.0357. The minimum atomic E-state index is -0.0357. The maximum absolute atomic E-state index is 11.3. The Bertz CT molecular complexity index is 234. The van der Waals surface area contributed by atoms with Crippen molar-refractivity contribution in [2.24, 2.45) is 11.8 Å². The standard InChI is InChI=1S/C19H38O2/c1-17(2)14-12-10-8-6-5-7-9-11-13-15-21-19(20)16-18(3)4/h17-18H,5-16H2,1-4H3. The monoisotopic (exact) mass is 298 g/mol. The normalized spacial score (nSPS) is 11.3. The minimum Gasteiger partial charge on any atom is -0.466 e. The average Bonchev–Trinajstić information content (AvgIpc) is 2.38. The zero-order valence-electron chi connectivity index (χ0n) is 15.0. The Kier molecular flexibility index (Phi) is 14.0. The van der Waals surface area contributed by atoms with Gasteiger partial charge < -0.3 is 4.74 Å². The summed E-state index contributed by atoms with van der Waals surface area (Å²) in [5.41, 5.74) is 0. The van der Waals surface area contributed by atoms with Crippen molar-refractivity contribution in [2.45, 2.75) is 98.3 Å². The smallest absolute Gasteiger partial charge is 0.306 e. The zero-order chi connectivity index (χ0) is 15.9. The first kappa shape index (κ1) is 20.5. The molecular weight excluding hydrogens is 260 g/mol. The predicted molar refractivity (Wildman–Crippen MR) is 91.4 cm³/mol. The van der Waals surface area contributed by atoms with Gasteiger partial charge in [0.05, 0.1) is 6.61 Å². The van der Waals surface area contributed by atoms with Gasteiger partial charge in [0.15, 0.2) is 0 Å². The van der Waals surface area contributed by atoms with E-state index in [0.717, 1.165) is 12.3 Å². The largest absolute Gasteiger partial charge is 0.466 e. The van der Waals surface area contributed by atoms with Gasteiger partial charge >= 0.3 is 5.97 Å². The van der Waals surface area contributed by atoms with Crippen LogP contribution in [0.5, 0.6) is 0 Å². The van der Waals surface area contributed by atoms with Crippen LogP contribution in [-0.4, -0.2) is 12.6 Å². The number of hydrogen-bond donors (Lipinski definition) is 0. The van der Waals surface area contributed by atoms with Gasteiger partial charge in [0.25, 0.3) is 0 Å². The van der Waals surface area contributed by atoms with Crippen LogP contribution >= 0.6 is 0 Å². The van der Waals surface area contributed by atoms with Crippen molar-refractivity contribution in [2.75, 3.05) is 6.61 Å². The molecule has 0 fully saturated rings. The van der Waals surface area contributed by atoms with E-state index in [2.05, 4.69) is 13.8 Å². The third-order valence-corrected chi connectivity index (χ3v) is 3.76. The lowest BCUT2D eigenvalue weighted by Crippen LogP contribution is -2.08. The molecule has 0 saturated carbocycles. The summed E-state index contributed by atoms with van der Waals surface area (Å²) in [5.74, 6) is 1.23. The molecule has 0 aliphatic heterocycles. The third kappa shape index (κ3) is 17.4. The number of unbranched alkanes of at least 4 members (excludes halogenated alkanes) is 8. The molecule has 21 heavy (non-hydrogen) atoms. The summed E-state index contributed by atoms with van der Waals surface area (Å²) < 4.78 is 5.21. The fraction of sp³-hybridized carbons (Fsp3) is 0.947. The maximum Gasteiger partial charge on any atom is 0.306 e. The van der Waals surface area contributed by atoms with E-state index in [1.165, 1.54) is 57.8 Å². The molecule has 0 aromatic carbocycles. The number of carbonyl (C=O) groups excluding carboxylic acids is 1. The van der Waals surface area contributed by atoms with Crippen LogP contribution in [0.3, 0.4) is 0 Å². The fourth-order valence-corrected chi connectivity index (χ4v) is 2.47. The molecule has 2 heteroatoms. The van der Waals surface area contributed by atoms with Crippen LogP contribution < -0.4 is 0 Å². The summed E-state index contributed by atoms with van der Waals surface area (Å²) in [6.45, 7) is 9.31. The quantitative estimate of drug-likeness (QED) is 0.285. The van der Waals surface area contributed by atoms with Crippen molar-refractivity contribution in [3.8, 4) is 0 Å². The molecule has 0 bridgehead atoms. The summed E-state index contributed by atoms with van der Waals surface area (Å²) in [5, 5.41) is 0. The summed E-state index contributed by atoms with van der Waals surface area (Å²) in [6, 6.07) is 0. The highest BCUT2D eigenvalue weighted by Crippen LogP contribution is 2.13. The van der Waals surface area contributed by atoms with E-state index < -0.39 is 0 Å². The molecule has 0 spiro atoms.